The lowest BCUT2D eigenvalue weighted by atomic mass is 9.99. The van der Waals surface area contributed by atoms with Crippen molar-refractivity contribution in [2.45, 2.75) is 12.3 Å². The molecule has 1 atom stereocenters. The number of aromatic nitrogens is 1. The monoisotopic (exact) mass is 274 g/mol. The lowest BCUT2D eigenvalue weighted by Gasteiger charge is -2.14. The Labute approximate surface area is 115 Å². The fraction of sp³-hybridized carbons (Fsp3) is 0.286. The highest BCUT2D eigenvalue weighted by Crippen LogP contribution is 2.32. The predicted molar refractivity (Wildman–Crippen MR) is 75.1 cm³/mol. The molecule has 5 heteroatoms. The van der Waals surface area contributed by atoms with Crippen LogP contribution in [-0.4, -0.2) is 29.1 Å². The Morgan fingerprint density at radius 1 is 1.37 bits per heavy atom. The number of hydrogen-bond acceptors (Lipinski definition) is 4. The molecule has 0 aliphatic carbocycles. The van der Waals surface area contributed by atoms with E-state index in [0.717, 1.165) is 24.6 Å². The van der Waals surface area contributed by atoms with E-state index >= 15 is 0 Å². The van der Waals surface area contributed by atoms with Gasteiger partial charge >= 0.3 is 5.97 Å². The topological polar surface area (TPSA) is 53.4 Å². The number of aromatic carboxylic acids is 1. The Balaban J connectivity index is 1.73. The molecule has 2 heterocycles. The smallest absolute Gasteiger partial charge is 0.355 e. The minimum absolute atomic E-state index is 0.142. The molecule has 1 saturated heterocycles. The van der Waals surface area contributed by atoms with Crippen molar-refractivity contribution in [2.24, 2.45) is 0 Å². The zero-order chi connectivity index (χ0) is 13.2. The summed E-state index contributed by atoms with van der Waals surface area (Å²) >= 11 is 1.41. The molecule has 1 N–H and O–H groups in total. The van der Waals surface area contributed by atoms with E-state index in [0.29, 0.717) is 5.92 Å². The van der Waals surface area contributed by atoms with E-state index in [1.807, 2.05) is 6.07 Å². The number of nitrogens with zero attached hydrogens (tertiary/aromatic N) is 2. The lowest BCUT2D eigenvalue weighted by Crippen LogP contribution is -2.19. The molecule has 98 valence electrons. The van der Waals surface area contributed by atoms with Crippen LogP contribution in [0, 0.1) is 0 Å². The Kier molecular flexibility index (Phi) is 3.21. The minimum Gasteiger partial charge on any atom is -0.476 e. The number of thiazole rings is 1. The van der Waals surface area contributed by atoms with E-state index in [9.17, 15) is 4.79 Å². The van der Waals surface area contributed by atoms with Gasteiger partial charge in [-0.2, -0.15) is 0 Å². The molecule has 1 unspecified atom stereocenters. The van der Waals surface area contributed by atoms with Gasteiger partial charge in [-0.15, -0.1) is 11.3 Å². The Hall–Kier alpha value is -1.88. The van der Waals surface area contributed by atoms with Gasteiger partial charge in [0.1, 0.15) is 0 Å². The standard InChI is InChI=1S/C14H14N2O2S/c17-13(18)12-9-19-14(15-12)16-7-6-11(8-16)10-4-2-1-3-5-10/h1-5,9,11H,6-8H2,(H,17,18). The fourth-order valence-corrected chi connectivity index (χ4v) is 3.28. The Morgan fingerprint density at radius 3 is 2.84 bits per heavy atom. The summed E-state index contributed by atoms with van der Waals surface area (Å²) in [5.74, 6) is -0.445. The van der Waals surface area contributed by atoms with Gasteiger partial charge in [-0.3, -0.25) is 0 Å². The van der Waals surface area contributed by atoms with Gasteiger partial charge in [0.05, 0.1) is 0 Å². The molecule has 0 radical (unpaired) electrons. The van der Waals surface area contributed by atoms with Crippen LogP contribution in [0.1, 0.15) is 28.4 Å². The zero-order valence-corrected chi connectivity index (χ0v) is 11.1. The third-order valence-corrected chi connectivity index (χ3v) is 4.34. The summed E-state index contributed by atoms with van der Waals surface area (Å²) in [5, 5.41) is 11.3. The second-order valence-electron chi connectivity index (χ2n) is 4.66. The first kappa shape index (κ1) is 12.2. The van der Waals surface area contributed by atoms with Crippen LogP contribution in [-0.2, 0) is 0 Å². The number of rotatable bonds is 3. The van der Waals surface area contributed by atoms with Crippen LogP contribution in [0.5, 0.6) is 0 Å². The van der Waals surface area contributed by atoms with Crippen molar-refractivity contribution in [2.75, 3.05) is 18.0 Å². The van der Waals surface area contributed by atoms with Crippen molar-refractivity contribution in [3.63, 3.8) is 0 Å². The maximum Gasteiger partial charge on any atom is 0.355 e. The molecule has 1 aromatic carbocycles. The molecule has 19 heavy (non-hydrogen) atoms. The molecule has 1 fully saturated rings. The van der Waals surface area contributed by atoms with Gasteiger partial charge in [-0.05, 0) is 12.0 Å². The van der Waals surface area contributed by atoms with Crippen LogP contribution in [0.4, 0.5) is 5.13 Å². The van der Waals surface area contributed by atoms with E-state index in [1.165, 1.54) is 16.9 Å². The van der Waals surface area contributed by atoms with Crippen LogP contribution >= 0.6 is 11.3 Å². The van der Waals surface area contributed by atoms with Crippen molar-refractivity contribution < 1.29 is 9.90 Å². The molecule has 0 saturated carbocycles. The molecule has 0 amide bonds. The number of hydrogen-bond donors (Lipinski definition) is 1. The number of benzene rings is 1. The normalized spacial score (nSPS) is 18.7. The van der Waals surface area contributed by atoms with Crippen molar-refractivity contribution >= 4 is 22.4 Å². The van der Waals surface area contributed by atoms with Crippen molar-refractivity contribution in [1.29, 1.82) is 0 Å². The Morgan fingerprint density at radius 2 is 2.16 bits per heavy atom. The van der Waals surface area contributed by atoms with Crippen molar-refractivity contribution in [3.8, 4) is 0 Å². The molecule has 4 nitrogen and oxygen atoms in total. The number of carbonyl (C=O) groups is 1. The Bertz CT molecular complexity index is 582. The molecule has 1 aliphatic rings. The molecule has 3 rings (SSSR count). The van der Waals surface area contributed by atoms with Crippen molar-refractivity contribution in [1.82, 2.24) is 4.98 Å². The van der Waals surface area contributed by atoms with Crippen LogP contribution < -0.4 is 4.90 Å². The van der Waals surface area contributed by atoms with E-state index < -0.39 is 5.97 Å². The second kappa shape index (κ2) is 5.01. The zero-order valence-electron chi connectivity index (χ0n) is 10.3. The summed E-state index contributed by atoms with van der Waals surface area (Å²) < 4.78 is 0. The lowest BCUT2D eigenvalue weighted by molar-refractivity contribution is 0.0691. The van der Waals surface area contributed by atoms with Crippen LogP contribution in [0.15, 0.2) is 35.7 Å². The van der Waals surface area contributed by atoms with Gasteiger partial charge < -0.3 is 10.0 Å². The number of anilines is 1. The molecular formula is C14H14N2O2S. The summed E-state index contributed by atoms with van der Waals surface area (Å²) in [6.07, 6.45) is 1.09. The minimum atomic E-state index is -0.957. The highest BCUT2D eigenvalue weighted by Gasteiger charge is 2.26. The highest BCUT2D eigenvalue weighted by atomic mass is 32.1. The molecule has 0 spiro atoms. The fourth-order valence-electron chi connectivity index (χ4n) is 2.44. The average molecular weight is 274 g/mol. The van der Waals surface area contributed by atoms with Crippen molar-refractivity contribution in [3.05, 3.63) is 47.0 Å². The number of carboxylic acid groups (broad SMARTS) is 1. The maximum atomic E-state index is 10.8. The van der Waals surface area contributed by atoms with Crippen LogP contribution in [0.2, 0.25) is 0 Å². The quantitative estimate of drug-likeness (QED) is 0.935. The molecule has 1 aromatic heterocycles. The van der Waals surface area contributed by atoms with Gasteiger partial charge in [0.2, 0.25) is 0 Å². The third-order valence-electron chi connectivity index (χ3n) is 3.44. The summed E-state index contributed by atoms with van der Waals surface area (Å²) in [6, 6.07) is 10.4. The average Bonchev–Trinajstić information content (AvgIpc) is 3.09. The molecule has 2 aromatic rings. The van der Waals surface area contributed by atoms with E-state index in [2.05, 4.69) is 34.1 Å². The van der Waals surface area contributed by atoms with Gasteiger partial charge in [-0.1, -0.05) is 30.3 Å². The first-order valence-corrected chi connectivity index (χ1v) is 7.11. The van der Waals surface area contributed by atoms with Crippen LogP contribution in [0.3, 0.4) is 0 Å². The summed E-state index contributed by atoms with van der Waals surface area (Å²) in [7, 11) is 0. The third kappa shape index (κ3) is 2.46. The largest absolute Gasteiger partial charge is 0.476 e. The van der Waals surface area contributed by atoms with Crippen LogP contribution in [0.25, 0.3) is 0 Å². The molecule has 0 bridgehead atoms. The summed E-state index contributed by atoms with van der Waals surface area (Å²) in [4.78, 5) is 17.2. The first-order chi connectivity index (χ1) is 9.24. The first-order valence-electron chi connectivity index (χ1n) is 6.23. The van der Waals surface area contributed by atoms with Gasteiger partial charge in [0.15, 0.2) is 10.8 Å². The van der Waals surface area contributed by atoms with E-state index in [4.69, 9.17) is 5.11 Å². The summed E-state index contributed by atoms with van der Waals surface area (Å²) in [6.45, 7) is 1.85. The van der Waals surface area contributed by atoms with Gasteiger partial charge in [0.25, 0.3) is 0 Å². The predicted octanol–water partition coefficient (Wildman–Crippen LogP) is 2.84. The summed E-state index contributed by atoms with van der Waals surface area (Å²) in [5.41, 5.74) is 1.49. The SMILES string of the molecule is O=C(O)c1csc(N2CCC(c3ccccc3)C2)n1. The van der Waals surface area contributed by atoms with E-state index in [1.54, 1.807) is 5.38 Å². The maximum absolute atomic E-state index is 10.8. The second-order valence-corrected chi connectivity index (χ2v) is 5.50. The van der Waals surface area contributed by atoms with Gasteiger partial charge in [-0.25, -0.2) is 9.78 Å². The van der Waals surface area contributed by atoms with E-state index in [-0.39, 0.29) is 5.69 Å². The number of carboxylic acids is 1. The molecule has 1 aliphatic heterocycles. The highest BCUT2D eigenvalue weighted by molar-refractivity contribution is 7.13. The molecular weight excluding hydrogens is 260 g/mol. The van der Waals surface area contributed by atoms with Gasteiger partial charge in [0, 0.05) is 24.4 Å².